The predicted molar refractivity (Wildman–Crippen MR) is 71.0 cm³/mol. The number of nitrogens with two attached hydrogens (primary N) is 1. The minimum Gasteiger partial charge on any atom is -0.326 e. The van der Waals surface area contributed by atoms with Gasteiger partial charge in [-0.05, 0) is 44.9 Å². The summed E-state index contributed by atoms with van der Waals surface area (Å²) in [5.74, 6) is 0. The van der Waals surface area contributed by atoms with E-state index in [0.29, 0.717) is 12.1 Å². The smallest absolute Gasteiger partial charge is 0.0510 e. The highest BCUT2D eigenvalue weighted by atomic mass is 32.1. The van der Waals surface area contributed by atoms with Gasteiger partial charge in [0.2, 0.25) is 0 Å². The fourth-order valence-electron chi connectivity index (χ4n) is 2.79. The molecule has 2 unspecified atom stereocenters. The average molecular weight is 238 g/mol. The molecule has 90 valence electrons. The maximum absolute atomic E-state index is 6.27. The largest absolute Gasteiger partial charge is 0.326 e. The predicted octanol–water partition coefficient (Wildman–Crippen LogP) is 2.85. The van der Waals surface area contributed by atoms with E-state index < -0.39 is 0 Å². The van der Waals surface area contributed by atoms with Crippen LogP contribution in [0.1, 0.15) is 41.1 Å². The molecule has 0 aromatic carbocycles. The van der Waals surface area contributed by atoms with Crippen molar-refractivity contribution in [3.63, 3.8) is 0 Å². The lowest BCUT2D eigenvalue weighted by Gasteiger charge is -2.26. The summed E-state index contributed by atoms with van der Waals surface area (Å²) in [4.78, 5) is 5.41. The van der Waals surface area contributed by atoms with E-state index in [4.69, 9.17) is 5.73 Å². The van der Waals surface area contributed by atoms with Gasteiger partial charge in [0.15, 0.2) is 0 Å². The van der Waals surface area contributed by atoms with E-state index in [1.165, 1.54) is 28.3 Å². The molecule has 1 saturated heterocycles. The van der Waals surface area contributed by atoms with Gasteiger partial charge in [-0.2, -0.15) is 0 Å². The Balaban J connectivity index is 2.26. The third kappa shape index (κ3) is 2.17. The molecule has 3 heteroatoms. The van der Waals surface area contributed by atoms with Crippen LogP contribution in [0.15, 0.2) is 6.07 Å². The quantitative estimate of drug-likeness (QED) is 0.877. The maximum atomic E-state index is 6.27. The van der Waals surface area contributed by atoms with Crippen LogP contribution in [0.25, 0.3) is 0 Å². The lowest BCUT2D eigenvalue weighted by molar-refractivity contribution is 0.248. The fraction of sp³-hybridized carbons (Fsp3) is 0.692. The summed E-state index contributed by atoms with van der Waals surface area (Å²) in [6, 6.07) is 3.11. The zero-order chi connectivity index (χ0) is 11.7. The summed E-state index contributed by atoms with van der Waals surface area (Å²) in [6.07, 6.45) is 2.35. The summed E-state index contributed by atoms with van der Waals surface area (Å²) >= 11 is 1.90. The molecular formula is C13H22N2S. The molecule has 0 aliphatic carbocycles. The molecule has 2 N–H and O–H groups in total. The van der Waals surface area contributed by atoms with E-state index in [2.05, 4.69) is 31.7 Å². The number of rotatable bonds is 3. The van der Waals surface area contributed by atoms with Crippen molar-refractivity contribution in [1.29, 1.82) is 0 Å². The van der Waals surface area contributed by atoms with Crippen LogP contribution in [-0.2, 0) is 0 Å². The Kier molecular flexibility index (Phi) is 3.67. The number of thiophene rings is 1. The molecular weight excluding hydrogens is 216 g/mol. The van der Waals surface area contributed by atoms with Crippen LogP contribution in [0.5, 0.6) is 0 Å². The fourth-order valence-corrected chi connectivity index (χ4v) is 3.76. The first-order valence-electron chi connectivity index (χ1n) is 6.20. The van der Waals surface area contributed by atoms with Crippen LogP contribution in [0.3, 0.4) is 0 Å². The first kappa shape index (κ1) is 12.1. The zero-order valence-corrected chi connectivity index (χ0v) is 11.3. The highest BCUT2D eigenvalue weighted by Gasteiger charge is 2.33. The molecule has 2 atom stereocenters. The van der Waals surface area contributed by atoms with Gasteiger partial charge in [-0.15, -0.1) is 11.3 Å². The third-order valence-corrected chi connectivity index (χ3v) is 4.44. The van der Waals surface area contributed by atoms with E-state index in [0.717, 1.165) is 13.0 Å². The van der Waals surface area contributed by atoms with Crippen molar-refractivity contribution in [3.05, 3.63) is 21.4 Å². The number of likely N-dealkylation sites (tertiary alicyclic amines) is 1. The van der Waals surface area contributed by atoms with Gasteiger partial charge in [0, 0.05) is 22.3 Å². The van der Waals surface area contributed by atoms with Crippen molar-refractivity contribution in [3.8, 4) is 0 Å². The normalized spacial score (nSPS) is 26.5. The van der Waals surface area contributed by atoms with Gasteiger partial charge < -0.3 is 5.73 Å². The van der Waals surface area contributed by atoms with Gasteiger partial charge in [0.1, 0.15) is 0 Å². The molecule has 1 aromatic heterocycles. The van der Waals surface area contributed by atoms with Crippen LogP contribution in [0.2, 0.25) is 0 Å². The third-order valence-electron chi connectivity index (χ3n) is 3.46. The van der Waals surface area contributed by atoms with Crippen LogP contribution < -0.4 is 5.73 Å². The highest BCUT2D eigenvalue weighted by Crippen LogP contribution is 2.36. The summed E-state index contributed by atoms with van der Waals surface area (Å²) < 4.78 is 0. The van der Waals surface area contributed by atoms with Gasteiger partial charge in [0.25, 0.3) is 0 Å². The van der Waals surface area contributed by atoms with Crippen LogP contribution in [-0.4, -0.2) is 24.0 Å². The number of aryl methyl sites for hydroxylation is 2. The molecule has 1 aromatic rings. The van der Waals surface area contributed by atoms with Gasteiger partial charge in [-0.25, -0.2) is 0 Å². The summed E-state index contributed by atoms with van der Waals surface area (Å²) in [5, 5.41) is 0. The monoisotopic (exact) mass is 238 g/mol. The van der Waals surface area contributed by atoms with Gasteiger partial charge in [-0.1, -0.05) is 6.92 Å². The summed E-state index contributed by atoms with van der Waals surface area (Å²) in [5.41, 5.74) is 7.75. The second-order valence-electron chi connectivity index (χ2n) is 4.80. The molecule has 1 fully saturated rings. The zero-order valence-electron chi connectivity index (χ0n) is 10.5. The van der Waals surface area contributed by atoms with Crippen molar-refractivity contribution >= 4 is 11.3 Å². The molecule has 0 saturated carbocycles. The van der Waals surface area contributed by atoms with Crippen molar-refractivity contribution in [1.82, 2.24) is 4.90 Å². The molecule has 2 rings (SSSR count). The number of hydrogen-bond donors (Lipinski definition) is 1. The SMILES string of the molecule is CCCN1CCC(N)C1c1cc(C)sc1C. The van der Waals surface area contributed by atoms with Gasteiger partial charge in [0.05, 0.1) is 6.04 Å². The van der Waals surface area contributed by atoms with E-state index in [-0.39, 0.29) is 0 Å². The number of nitrogens with zero attached hydrogens (tertiary/aromatic N) is 1. The Morgan fingerprint density at radius 1 is 1.50 bits per heavy atom. The molecule has 0 bridgehead atoms. The first-order valence-corrected chi connectivity index (χ1v) is 7.01. The second-order valence-corrected chi connectivity index (χ2v) is 6.26. The Labute approximate surface area is 102 Å². The number of hydrogen-bond acceptors (Lipinski definition) is 3. The summed E-state index contributed by atoms with van der Waals surface area (Å²) in [6.45, 7) is 8.99. The van der Waals surface area contributed by atoms with Crippen molar-refractivity contribution in [2.45, 2.75) is 45.7 Å². The lowest BCUT2D eigenvalue weighted by atomic mass is 10.0. The molecule has 2 heterocycles. The van der Waals surface area contributed by atoms with Crippen LogP contribution in [0, 0.1) is 13.8 Å². The van der Waals surface area contributed by atoms with Gasteiger partial charge >= 0.3 is 0 Å². The molecule has 2 nitrogen and oxygen atoms in total. The maximum Gasteiger partial charge on any atom is 0.0510 e. The standard InChI is InChI=1S/C13H22N2S/c1-4-6-15-7-5-12(14)13(15)11-8-9(2)16-10(11)3/h8,12-13H,4-7,14H2,1-3H3. The lowest BCUT2D eigenvalue weighted by Crippen LogP contribution is -2.32. The molecule has 1 aliphatic rings. The van der Waals surface area contributed by atoms with Gasteiger partial charge in [-0.3, -0.25) is 4.90 Å². The Morgan fingerprint density at radius 3 is 2.81 bits per heavy atom. The van der Waals surface area contributed by atoms with Crippen LogP contribution in [0.4, 0.5) is 0 Å². The van der Waals surface area contributed by atoms with E-state index in [1.807, 2.05) is 11.3 Å². The Morgan fingerprint density at radius 2 is 2.25 bits per heavy atom. The van der Waals surface area contributed by atoms with Crippen LogP contribution >= 0.6 is 11.3 Å². The van der Waals surface area contributed by atoms with E-state index in [1.54, 1.807) is 0 Å². The van der Waals surface area contributed by atoms with Crippen molar-refractivity contribution < 1.29 is 0 Å². The highest BCUT2D eigenvalue weighted by molar-refractivity contribution is 7.12. The Bertz CT molecular complexity index is 357. The summed E-state index contributed by atoms with van der Waals surface area (Å²) in [7, 11) is 0. The molecule has 0 amide bonds. The minimum atomic E-state index is 0.319. The second kappa shape index (κ2) is 4.86. The average Bonchev–Trinajstić information content (AvgIpc) is 2.71. The topological polar surface area (TPSA) is 29.3 Å². The van der Waals surface area contributed by atoms with Crippen molar-refractivity contribution in [2.75, 3.05) is 13.1 Å². The molecule has 16 heavy (non-hydrogen) atoms. The van der Waals surface area contributed by atoms with E-state index in [9.17, 15) is 0 Å². The molecule has 1 aliphatic heterocycles. The molecule has 0 radical (unpaired) electrons. The first-order chi connectivity index (χ1) is 7.63. The van der Waals surface area contributed by atoms with Crippen molar-refractivity contribution in [2.24, 2.45) is 5.73 Å². The van der Waals surface area contributed by atoms with E-state index >= 15 is 0 Å². The minimum absolute atomic E-state index is 0.319. The Hall–Kier alpha value is -0.380. The molecule has 0 spiro atoms.